The molecule has 0 atom stereocenters. The Morgan fingerprint density at radius 2 is 2.00 bits per heavy atom. The van der Waals surface area contributed by atoms with Crippen LogP contribution in [0.5, 0.6) is 0 Å². The smallest absolute Gasteiger partial charge is 0.270 e. The zero-order valence-corrected chi connectivity index (χ0v) is 11.0. The number of anilines is 2. The number of benzene rings is 2. The van der Waals surface area contributed by atoms with Crippen LogP contribution >= 0.6 is 0 Å². The van der Waals surface area contributed by atoms with Crippen molar-refractivity contribution in [3.8, 4) is 6.07 Å². The fourth-order valence-electron chi connectivity index (χ4n) is 1.94. The molecule has 2 aromatic rings. The fourth-order valence-corrected chi connectivity index (χ4v) is 1.94. The molecular weight excluding hydrogens is 254 g/mol. The molecule has 0 aliphatic rings. The molecule has 0 amide bonds. The molecule has 0 aliphatic carbocycles. The van der Waals surface area contributed by atoms with Crippen molar-refractivity contribution in [3.05, 3.63) is 63.7 Å². The second kappa shape index (κ2) is 5.85. The van der Waals surface area contributed by atoms with Gasteiger partial charge in [-0.05, 0) is 24.1 Å². The number of non-ortho nitro benzene ring substituents is 1. The van der Waals surface area contributed by atoms with Crippen molar-refractivity contribution >= 4 is 17.1 Å². The SMILES string of the molecule is CCc1ccccc1Nc1ccc([N+](=O)[O-])cc1C#N. The molecule has 0 aromatic heterocycles. The van der Waals surface area contributed by atoms with Gasteiger partial charge in [-0.3, -0.25) is 10.1 Å². The van der Waals surface area contributed by atoms with E-state index >= 15 is 0 Å². The summed E-state index contributed by atoms with van der Waals surface area (Å²) in [7, 11) is 0. The Balaban J connectivity index is 2.39. The quantitative estimate of drug-likeness (QED) is 0.675. The molecule has 0 fully saturated rings. The number of rotatable bonds is 4. The third-order valence-electron chi connectivity index (χ3n) is 3.00. The van der Waals surface area contributed by atoms with Gasteiger partial charge >= 0.3 is 0 Å². The minimum Gasteiger partial charge on any atom is -0.354 e. The van der Waals surface area contributed by atoms with Gasteiger partial charge in [0.05, 0.1) is 16.2 Å². The Morgan fingerprint density at radius 3 is 2.65 bits per heavy atom. The standard InChI is InChI=1S/C15H13N3O2/c1-2-11-5-3-4-6-14(11)17-15-8-7-13(18(19)20)9-12(15)10-16/h3-9,17H,2H2,1H3. The van der Waals surface area contributed by atoms with Crippen molar-refractivity contribution in [2.24, 2.45) is 0 Å². The first kappa shape index (κ1) is 13.6. The van der Waals surface area contributed by atoms with Crippen LogP contribution in [0.25, 0.3) is 0 Å². The molecule has 0 heterocycles. The van der Waals surface area contributed by atoms with Crippen LogP contribution in [0.3, 0.4) is 0 Å². The number of hydrogen-bond acceptors (Lipinski definition) is 4. The first-order valence-corrected chi connectivity index (χ1v) is 6.19. The molecule has 2 aromatic carbocycles. The number of para-hydroxylation sites is 1. The summed E-state index contributed by atoms with van der Waals surface area (Å²) in [6, 6.07) is 14.0. The van der Waals surface area contributed by atoms with E-state index in [2.05, 4.69) is 5.32 Å². The largest absolute Gasteiger partial charge is 0.354 e. The normalized spacial score (nSPS) is 9.80. The Labute approximate surface area is 116 Å². The average Bonchev–Trinajstić information content (AvgIpc) is 2.48. The highest BCUT2D eigenvalue weighted by Crippen LogP contribution is 2.26. The minimum absolute atomic E-state index is 0.0872. The Morgan fingerprint density at radius 1 is 1.25 bits per heavy atom. The molecule has 1 N–H and O–H groups in total. The molecule has 0 aliphatic heterocycles. The lowest BCUT2D eigenvalue weighted by atomic mass is 10.1. The molecule has 100 valence electrons. The van der Waals surface area contributed by atoms with Gasteiger partial charge in [0.1, 0.15) is 6.07 Å². The van der Waals surface area contributed by atoms with E-state index in [0.29, 0.717) is 5.69 Å². The summed E-state index contributed by atoms with van der Waals surface area (Å²) in [6.07, 6.45) is 0.859. The topological polar surface area (TPSA) is 79.0 Å². The Kier molecular flexibility index (Phi) is 3.96. The van der Waals surface area contributed by atoms with E-state index in [1.165, 1.54) is 12.1 Å². The fraction of sp³-hybridized carbons (Fsp3) is 0.133. The third-order valence-corrected chi connectivity index (χ3v) is 3.00. The first-order valence-electron chi connectivity index (χ1n) is 6.19. The van der Waals surface area contributed by atoms with Gasteiger partial charge in [-0.25, -0.2) is 0 Å². The molecule has 5 heteroatoms. The lowest BCUT2D eigenvalue weighted by Crippen LogP contribution is -1.98. The summed E-state index contributed by atoms with van der Waals surface area (Å²) >= 11 is 0. The number of nitrogens with one attached hydrogen (secondary N) is 1. The van der Waals surface area contributed by atoms with Crippen molar-refractivity contribution in [3.63, 3.8) is 0 Å². The summed E-state index contributed by atoms with van der Waals surface area (Å²) in [5.41, 5.74) is 2.76. The highest BCUT2D eigenvalue weighted by atomic mass is 16.6. The number of nitrogens with zero attached hydrogens (tertiary/aromatic N) is 2. The molecule has 0 spiro atoms. The highest BCUT2D eigenvalue weighted by Gasteiger charge is 2.11. The van der Waals surface area contributed by atoms with Crippen LogP contribution in [0.2, 0.25) is 0 Å². The minimum atomic E-state index is -0.509. The number of hydrogen-bond donors (Lipinski definition) is 1. The maximum Gasteiger partial charge on any atom is 0.270 e. The maximum absolute atomic E-state index is 10.7. The van der Waals surface area contributed by atoms with Crippen molar-refractivity contribution in [2.75, 3.05) is 5.32 Å². The number of nitro groups is 1. The van der Waals surface area contributed by atoms with Crippen LogP contribution < -0.4 is 5.32 Å². The van der Waals surface area contributed by atoms with E-state index in [1.807, 2.05) is 37.3 Å². The molecule has 0 radical (unpaired) electrons. The predicted molar refractivity (Wildman–Crippen MR) is 76.9 cm³/mol. The molecule has 0 bridgehead atoms. The van der Waals surface area contributed by atoms with Gasteiger partial charge < -0.3 is 5.32 Å². The average molecular weight is 267 g/mol. The number of aryl methyl sites for hydroxylation is 1. The van der Waals surface area contributed by atoms with Gasteiger partial charge in [0.2, 0.25) is 0 Å². The van der Waals surface area contributed by atoms with Gasteiger partial charge in [-0.1, -0.05) is 25.1 Å². The summed E-state index contributed by atoms with van der Waals surface area (Å²) in [5, 5.41) is 23.0. The van der Waals surface area contributed by atoms with E-state index in [4.69, 9.17) is 5.26 Å². The molecule has 0 unspecified atom stereocenters. The molecule has 2 rings (SSSR count). The van der Waals surface area contributed by atoms with Gasteiger partial charge in [-0.15, -0.1) is 0 Å². The van der Waals surface area contributed by atoms with E-state index in [0.717, 1.165) is 17.7 Å². The number of nitriles is 1. The maximum atomic E-state index is 10.7. The second-order valence-electron chi connectivity index (χ2n) is 4.23. The van der Waals surface area contributed by atoms with Gasteiger partial charge in [-0.2, -0.15) is 5.26 Å². The molecule has 5 nitrogen and oxygen atoms in total. The Bertz CT molecular complexity index is 690. The van der Waals surface area contributed by atoms with Crippen LogP contribution in [-0.2, 0) is 6.42 Å². The van der Waals surface area contributed by atoms with E-state index < -0.39 is 4.92 Å². The van der Waals surface area contributed by atoms with Gasteiger partial charge in [0.25, 0.3) is 5.69 Å². The highest BCUT2D eigenvalue weighted by molar-refractivity contribution is 5.70. The molecule has 0 saturated heterocycles. The van der Waals surface area contributed by atoms with Crippen LogP contribution in [0.15, 0.2) is 42.5 Å². The second-order valence-corrected chi connectivity index (χ2v) is 4.23. The lowest BCUT2D eigenvalue weighted by Gasteiger charge is -2.11. The van der Waals surface area contributed by atoms with Crippen molar-refractivity contribution in [1.82, 2.24) is 0 Å². The molecule has 20 heavy (non-hydrogen) atoms. The van der Waals surface area contributed by atoms with Gasteiger partial charge in [0.15, 0.2) is 0 Å². The van der Waals surface area contributed by atoms with E-state index in [-0.39, 0.29) is 11.3 Å². The lowest BCUT2D eigenvalue weighted by molar-refractivity contribution is -0.384. The Hall–Kier alpha value is -2.87. The van der Waals surface area contributed by atoms with Crippen molar-refractivity contribution in [1.29, 1.82) is 5.26 Å². The van der Waals surface area contributed by atoms with Crippen molar-refractivity contribution < 1.29 is 4.92 Å². The first-order chi connectivity index (χ1) is 9.65. The summed E-state index contributed by atoms with van der Waals surface area (Å²) in [5.74, 6) is 0. The summed E-state index contributed by atoms with van der Waals surface area (Å²) < 4.78 is 0. The van der Waals surface area contributed by atoms with E-state index in [9.17, 15) is 10.1 Å². The molecule has 0 saturated carbocycles. The monoisotopic (exact) mass is 267 g/mol. The van der Waals surface area contributed by atoms with Crippen LogP contribution in [-0.4, -0.2) is 4.92 Å². The van der Waals surface area contributed by atoms with Crippen LogP contribution in [0.1, 0.15) is 18.1 Å². The third kappa shape index (κ3) is 2.75. The zero-order chi connectivity index (χ0) is 14.5. The van der Waals surface area contributed by atoms with E-state index in [1.54, 1.807) is 6.07 Å². The van der Waals surface area contributed by atoms with Crippen LogP contribution in [0.4, 0.5) is 17.1 Å². The van der Waals surface area contributed by atoms with Crippen LogP contribution in [0, 0.1) is 21.4 Å². The summed E-state index contributed by atoms with van der Waals surface area (Å²) in [4.78, 5) is 10.2. The number of nitro benzene ring substituents is 1. The molecular formula is C15H13N3O2. The predicted octanol–water partition coefficient (Wildman–Crippen LogP) is 3.77. The summed E-state index contributed by atoms with van der Waals surface area (Å²) in [6.45, 7) is 2.04. The zero-order valence-electron chi connectivity index (χ0n) is 11.0. The van der Waals surface area contributed by atoms with Gasteiger partial charge in [0, 0.05) is 17.8 Å². The van der Waals surface area contributed by atoms with Crippen molar-refractivity contribution in [2.45, 2.75) is 13.3 Å².